The van der Waals surface area contributed by atoms with Gasteiger partial charge in [-0.15, -0.1) is 0 Å². The molecule has 11 nitrogen and oxygen atoms in total. The highest BCUT2D eigenvalue weighted by Gasteiger charge is 2.14. The minimum Gasteiger partial charge on any atom is -0.462 e. The maximum Gasteiger partial charge on any atom is 0.397 e. The van der Waals surface area contributed by atoms with E-state index in [1.165, 1.54) is 7.11 Å². The molecule has 0 bridgehead atoms. The van der Waals surface area contributed by atoms with E-state index in [2.05, 4.69) is 34.1 Å². The lowest BCUT2D eigenvalue weighted by atomic mass is 10.5. The fourth-order valence-corrected chi connectivity index (χ4v) is 1.51. The van der Waals surface area contributed by atoms with Crippen LogP contribution in [-0.2, 0) is 34.0 Å². The molecule has 2 heterocycles. The Hall–Kier alpha value is -2.37. The number of carbonyl (C=O) groups is 1. The lowest BCUT2D eigenvalue weighted by Crippen LogP contribution is -2.02. The monoisotopic (exact) mass is 372 g/mol. The van der Waals surface area contributed by atoms with Gasteiger partial charge in [0.25, 0.3) is 5.89 Å². The van der Waals surface area contributed by atoms with Crippen LogP contribution < -0.4 is 0 Å². The Kier molecular flexibility index (Phi) is 10.8. The summed E-state index contributed by atoms with van der Waals surface area (Å²) in [5.74, 6) is 0.262. The van der Waals surface area contributed by atoms with Gasteiger partial charge in [0.2, 0.25) is 0 Å². The molecule has 0 saturated heterocycles. The highest BCUT2D eigenvalue weighted by atomic mass is 16.6. The Labute approximate surface area is 150 Å². The van der Waals surface area contributed by atoms with Gasteiger partial charge in [-0.05, 0) is 12.8 Å². The van der Waals surface area contributed by atoms with Crippen LogP contribution in [0, 0.1) is 0 Å². The number of carbonyl (C=O) groups excluding carboxylic acids is 1. The molecule has 0 fully saturated rings. The summed E-state index contributed by atoms with van der Waals surface area (Å²) in [7, 11) is 1.25. The van der Waals surface area contributed by atoms with Gasteiger partial charge in [0.05, 0.1) is 7.11 Å². The highest BCUT2D eigenvalue weighted by molar-refractivity contribution is 5.83. The molecule has 2 rings (SSSR count). The second kappa shape index (κ2) is 12.9. The van der Waals surface area contributed by atoms with E-state index in [1.807, 2.05) is 13.8 Å². The molecule has 0 aliphatic rings. The number of nitrogens with zero attached hydrogens (tertiary/aromatic N) is 4. The summed E-state index contributed by atoms with van der Waals surface area (Å²) in [5, 5.41) is 15.7. The molecule has 0 saturated carbocycles. The number of methoxy groups -OCH3 is 1. The van der Waals surface area contributed by atoms with Crippen LogP contribution in [0.5, 0.6) is 0 Å². The molecule has 0 spiro atoms. The summed E-state index contributed by atoms with van der Waals surface area (Å²) >= 11 is 0. The van der Waals surface area contributed by atoms with Crippen molar-refractivity contribution in [2.75, 3.05) is 20.3 Å². The molecule has 0 aromatic carbocycles. The van der Waals surface area contributed by atoms with Gasteiger partial charge in [-0.25, -0.2) is 4.79 Å². The van der Waals surface area contributed by atoms with Crippen LogP contribution in [0.2, 0.25) is 0 Å². The zero-order valence-corrected chi connectivity index (χ0v) is 15.1. The first-order chi connectivity index (χ1) is 12.6. The number of aliphatic hydroxyl groups is 1. The maximum atomic E-state index is 10.9. The Balaban J connectivity index is 0.000000263. The normalized spacial score (nSPS) is 10.3. The molecule has 11 heteroatoms. The van der Waals surface area contributed by atoms with Gasteiger partial charge in [-0.2, -0.15) is 9.97 Å². The second-order valence-electron chi connectivity index (χ2n) is 4.87. The number of hydrogen-bond acceptors (Lipinski definition) is 11. The van der Waals surface area contributed by atoms with Crippen LogP contribution in [0.15, 0.2) is 9.05 Å². The Morgan fingerprint density at radius 2 is 1.58 bits per heavy atom. The summed E-state index contributed by atoms with van der Waals surface area (Å²) in [6.07, 6.45) is 1.88. The second-order valence-corrected chi connectivity index (χ2v) is 4.87. The van der Waals surface area contributed by atoms with Crippen LogP contribution in [0.4, 0.5) is 0 Å². The Morgan fingerprint density at radius 3 is 2.08 bits per heavy atom. The van der Waals surface area contributed by atoms with Crippen molar-refractivity contribution in [1.82, 2.24) is 20.3 Å². The molecule has 0 radical (unpaired) electrons. The zero-order chi connectivity index (χ0) is 19.2. The Bertz CT molecular complexity index is 629. The zero-order valence-electron chi connectivity index (χ0n) is 15.1. The van der Waals surface area contributed by atoms with E-state index in [1.54, 1.807) is 0 Å². The minimum absolute atomic E-state index is 0.150. The van der Waals surface area contributed by atoms with Gasteiger partial charge in [0.1, 0.15) is 19.8 Å². The van der Waals surface area contributed by atoms with E-state index in [0.29, 0.717) is 31.5 Å². The van der Waals surface area contributed by atoms with E-state index in [-0.39, 0.29) is 25.0 Å². The van der Waals surface area contributed by atoms with Crippen LogP contribution >= 0.6 is 0 Å². The molecule has 1 N–H and O–H groups in total. The van der Waals surface area contributed by atoms with Crippen molar-refractivity contribution in [1.29, 1.82) is 0 Å². The molecular formula is C15H24N4O7. The van der Waals surface area contributed by atoms with Crippen LogP contribution in [0.3, 0.4) is 0 Å². The summed E-state index contributed by atoms with van der Waals surface area (Å²) < 4.78 is 24.0. The van der Waals surface area contributed by atoms with Crippen molar-refractivity contribution in [3.63, 3.8) is 0 Å². The largest absolute Gasteiger partial charge is 0.462 e. The summed E-state index contributed by atoms with van der Waals surface area (Å²) in [5.41, 5.74) is 0. The van der Waals surface area contributed by atoms with Gasteiger partial charge in [-0.1, -0.05) is 24.2 Å². The van der Waals surface area contributed by atoms with Crippen LogP contribution in [0.1, 0.15) is 54.9 Å². The molecule has 0 unspecified atom stereocenters. The first-order valence-electron chi connectivity index (χ1n) is 8.13. The molecule has 0 amide bonds. The lowest BCUT2D eigenvalue weighted by Gasteiger charge is -1.95. The average molecular weight is 372 g/mol. The molecule has 2 aromatic rings. The fraction of sp³-hybridized carbons (Fsp3) is 0.667. The van der Waals surface area contributed by atoms with Gasteiger partial charge in [0.15, 0.2) is 11.6 Å². The van der Waals surface area contributed by atoms with E-state index in [4.69, 9.17) is 14.6 Å². The predicted molar refractivity (Wildman–Crippen MR) is 85.8 cm³/mol. The van der Waals surface area contributed by atoms with E-state index >= 15 is 0 Å². The van der Waals surface area contributed by atoms with Crippen molar-refractivity contribution in [3.8, 4) is 0 Å². The number of ether oxygens (including phenoxy) is 3. The number of aliphatic hydroxyl groups excluding tert-OH is 1. The third kappa shape index (κ3) is 8.14. The predicted octanol–water partition coefficient (Wildman–Crippen LogP) is 1.27. The molecule has 26 heavy (non-hydrogen) atoms. The number of aromatic nitrogens is 4. The summed E-state index contributed by atoms with van der Waals surface area (Å²) in [6.45, 7) is 5.70. The van der Waals surface area contributed by atoms with Crippen LogP contribution in [0.25, 0.3) is 0 Å². The lowest BCUT2D eigenvalue weighted by molar-refractivity contribution is 0.0545. The SMILES string of the molecule is CCCOCc1noc(C(=O)OC)n1.CCCOCc1noc(CO)n1. The van der Waals surface area contributed by atoms with E-state index in [9.17, 15) is 4.79 Å². The van der Waals surface area contributed by atoms with E-state index in [0.717, 1.165) is 12.8 Å². The van der Waals surface area contributed by atoms with Gasteiger partial charge < -0.3 is 28.4 Å². The molecular weight excluding hydrogens is 348 g/mol. The molecule has 2 aromatic heterocycles. The highest BCUT2D eigenvalue weighted by Crippen LogP contribution is 2.01. The molecule has 146 valence electrons. The standard InChI is InChI=1S/C8H12N2O4.C7H12N2O3/c1-3-4-13-5-6-9-7(14-10-6)8(11)12-2;1-2-3-11-5-6-8-7(4-10)12-9-6/h3-5H2,1-2H3;10H,2-5H2,1H3. The summed E-state index contributed by atoms with van der Waals surface area (Å²) in [6, 6.07) is 0. The van der Waals surface area contributed by atoms with Crippen molar-refractivity contribution >= 4 is 5.97 Å². The van der Waals surface area contributed by atoms with Crippen molar-refractivity contribution in [2.24, 2.45) is 0 Å². The van der Waals surface area contributed by atoms with Gasteiger partial charge >= 0.3 is 11.9 Å². The third-order valence-corrected chi connectivity index (χ3v) is 2.63. The molecule has 0 aliphatic heterocycles. The van der Waals surface area contributed by atoms with Crippen molar-refractivity contribution in [3.05, 3.63) is 23.4 Å². The fourth-order valence-electron chi connectivity index (χ4n) is 1.51. The van der Waals surface area contributed by atoms with Gasteiger partial charge in [-0.3, -0.25) is 0 Å². The topological polar surface area (TPSA) is 143 Å². The maximum absolute atomic E-state index is 10.9. The third-order valence-electron chi connectivity index (χ3n) is 2.63. The van der Waals surface area contributed by atoms with Gasteiger partial charge in [0, 0.05) is 13.2 Å². The summed E-state index contributed by atoms with van der Waals surface area (Å²) in [4.78, 5) is 18.5. The van der Waals surface area contributed by atoms with Crippen LogP contribution in [-0.4, -0.2) is 51.7 Å². The Morgan fingerprint density at radius 1 is 1.00 bits per heavy atom. The first kappa shape index (κ1) is 21.7. The smallest absolute Gasteiger partial charge is 0.397 e. The first-order valence-corrected chi connectivity index (χ1v) is 8.13. The van der Waals surface area contributed by atoms with Crippen molar-refractivity contribution < 1.29 is 33.2 Å². The number of rotatable bonds is 10. The van der Waals surface area contributed by atoms with Crippen molar-refractivity contribution in [2.45, 2.75) is 46.5 Å². The number of esters is 1. The van der Waals surface area contributed by atoms with E-state index < -0.39 is 5.97 Å². The quantitative estimate of drug-likeness (QED) is 0.475. The number of hydrogen-bond donors (Lipinski definition) is 1. The minimum atomic E-state index is -0.640. The molecule has 0 aliphatic carbocycles. The average Bonchev–Trinajstić information content (AvgIpc) is 3.31. The molecule has 0 atom stereocenters.